The molecule has 210 valence electrons. The fourth-order valence-electron chi connectivity index (χ4n) is 4.84. The van der Waals surface area contributed by atoms with Crippen molar-refractivity contribution in [2.24, 2.45) is 4.99 Å². The zero-order valence-corrected chi connectivity index (χ0v) is 25.1. The van der Waals surface area contributed by atoms with E-state index in [9.17, 15) is 9.59 Å². The number of allylic oxidation sites excluding steroid dienone is 1. The Morgan fingerprint density at radius 2 is 1.86 bits per heavy atom. The van der Waals surface area contributed by atoms with Gasteiger partial charge in [0.05, 0.1) is 21.8 Å². The third kappa shape index (κ3) is 5.66. The van der Waals surface area contributed by atoms with Crippen LogP contribution >= 0.6 is 34.7 Å². The lowest BCUT2D eigenvalue weighted by Gasteiger charge is -2.25. The van der Waals surface area contributed by atoms with E-state index in [1.54, 1.807) is 35.4 Å². The number of hydrogen-bond donors (Lipinski definition) is 0. The van der Waals surface area contributed by atoms with Gasteiger partial charge < -0.3 is 9.15 Å². The fourth-order valence-corrected chi connectivity index (χ4v) is 6.47. The Balaban J connectivity index is 1.41. The van der Waals surface area contributed by atoms with E-state index in [2.05, 4.69) is 4.99 Å². The van der Waals surface area contributed by atoms with E-state index in [4.69, 9.17) is 20.8 Å². The average molecular weight is 613 g/mol. The smallest absolute Gasteiger partial charge is 0.338 e. The molecular weight excluding hydrogens is 588 g/mol. The average Bonchev–Trinajstić information content (AvgIpc) is 3.60. The van der Waals surface area contributed by atoms with Gasteiger partial charge in [0.25, 0.3) is 5.56 Å². The first-order valence-corrected chi connectivity index (χ1v) is 15.6. The van der Waals surface area contributed by atoms with Crippen molar-refractivity contribution in [1.29, 1.82) is 0 Å². The molecular formula is C33H25ClN2O4S2. The summed E-state index contributed by atoms with van der Waals surface area (Å²) in [4.78, 5) is 33.8. The maximum Gasteiger partial charge on any atom is 0.338 e. The number of furan rings is 1. The molecule has 3 heterocycles. The number of nitrogens with zero attached hydrogens (tertiary/aromatic N) is 2. The zero-order chi connectivity index (χ0) is 29.2. The molecule has 1 aliphatic rings. The molecule has 2 aromatic heterocycles. The second kappa shape index (κ2) is 12.0. The number of carbonyl (C=O) groups excluding carboxylic acids is 1. The highest BCUT2D eigenvalue weighted by Crippen LogP contribution is 2.32. The molecule has 1 atom stereocenters. The van der Waals surface area contributed by atoms with Crippen molar-refractivity contribution in [2.75, 3.05) is 6.26 Å². The second-order valence-corrected chi connectivity index (χ2v) is 12.0. The lowest BCUT2D eigenvalue weighted by molar-refractivity contribution is -0.140. The van der Waals surface area contributed by atoms with Crippen LogP contribution in [0.25, 0.3) is 17.4 Å². The highest BCUT2D eigenvalue weighted by molar-refractivity contribution is 7.98. The highest BCUT2D eigenvalue weighted by Gasteiger charge is 2.33. The summed E-state index contributed by atoms with van der Waals surface area (Å²) >= 11 is 9.02. The van der Waals surface area contributed by atoms with Crippen LogP contribution in [0.3, 0.4) is 0 Å². The first-order chi connectivity index (χ1) is 20.4. The Morgan fingerprint density at radius 1 is 1.07 bits per heavy atom. The van der Waals surface area contributed by atoms with Crippen LogP contribution in [0.1, 0.15) is 29.9 Å². The van der Waals surface area contributed by atoms with Gasteiger partial charge in [-0.1, -0.05) is 77.5 Å². The van der Waals surface area contributed by atoms with Crippen LogP contribution in [0.4, 0.5) is 0 Å². The molecule has 0 saturated carbocycles. The van der Waals surface area contributed by atoms with Crippen molar-refractivity contribution < 1.29 is 13.9 Å². The van der Waals surface area contributed by atoms with Gasteiger partial charge >= 0.3 is 5.97 Å². The molecule has 6 rings (SSSR count). The van der Waals surface area contributed by atoms with Gasteiger partial charge in [-0.2, -0.15) is 0 Å². The number of fused-ring (bicyclic) bond motifs is 1. The van der Waals surface area contributed by atoms with E-state index in [1.807, 2.05) is 91.2 Å². The minimum Gasteiger partial charge on any atom is -0.457 e. The van der Waals surface area contributed by atoms with Crippen LogP contribution in [0.2, 0.25) is 5.02 Å². The summed E-state index contributed by atoms with van der Waals surface area (Å²) in [6.45, 7) is 1.90. The number of thiazole rings is 1. The minimum absolute atomic E-state index is 0.118. The molecule has 42 heavy (non-hydrogen) atoms. The Kier molecular flexibility index (Phi) is 8.02. The molecule has 0 aliphatic carbocycles. The molecule has 5 aromatic rings. The van der Waals surface area contributed by atoms with E-state index in [0.29, 0.717) is 37.1 Å². The number of benzene rings is 3. The minimum atomic E-state index is -0.693. The molecule has 0 N–H and O–H groups in total. The predicted molar refractivity (Wildman–Crippen MR) is 167 cm³/mol. The molecule has 6 nitrogen and oxygen atoms in total. The highest BCUT2D eigenvalue weighted by atomic mass is 35.5. The monoisotopic (exact) mass is 612 g/mol. The van der Waals surface area contributed by atoms with Crippen molar-refractivity contribution >= 4 is 46.7 Å². The van der Waals surface area contributed by atoms with E-state index < -0.39 is 12.0 Å². The topological polar surface area (TPSA) is 73.8 Å². The third-order valence-electron chi connectivity index (χ3n) is 6.90. The second-order valence-electron chi connectivity index (χ2n) is 9.63. The largest absolute Gasteiger partial charge is 0.457 e. The quantitative estimate of drug-likeness (QED) is 0.153. The first-order valence-electron chi connectivity index (χ1n) is 13.1. The number of esters is 1. The van der Waals surface area contributed by atoms with Gasteiger partial charge in [-0.15, -0.1) is 11.8 Å². The number of aromatic nitrogens is 1. The maximum atomic E-state index is 13.9. The Labute approximate surface area is 255 Å². The SMILES string of the molecule is CSc1ccc(C2C(C(=O)OCc3ccccc3)=C(C)N=c3sc(=Cc4ccc(-c5cccc(Cl)c5)o4)c(=O)n32)cc1. The number of ether oxygens (including phenoxy) is 1. The molecule has 0 spiro atoms. The first kappa shape index (κ1) is 28.0. The normalized spacial score (nSPS) is 14.9. The lowest BCUT2D eigenvalue weighted by atomic mass is 9.96. The number of thioether (sulfide) groups is 1. The molecule has 1 aliphatic heterocycles. The predicted octanol–water partition coefficient (Wildman–Crippen LogP) is 6.61. The number of rotatable bonds is 7. The molecule has 0 amide bonds. The number of halogens is 1. The zero-order valence-electron chi connectivity index (χ0n) is 22.7. The molecule has 9 heteroatoms. The van der Waals surface area contributed by atoms with E-state index >= 15 is 0 Å². The summed E-state index contributed by atoms with van der Waals surface area (Å²) in [7, 11) is 0. The van der Waals surface area contributed by atoms with Crippen molar-refractivity contribution in [3.05, 3.63) is 144 Å². The van der Waals surface area contributed by atoms with Crippen molar-refractivity contribution in [1.82, 2.24) is 4.57 Å². The number of carbonyl (C=O) groups is 1. The van der Waals surface area contributed by atoms with Gasteiger partial charge in [-0.25, -0.2) is 9.79 Å². The summed E-state index contributed by atoms with van der Waals surface area (Å²) in [6.07, 6.45) is 3.71. The van der Waals surface area contributed by atoms with Gasteiger partial charge in [0.15, 0.2) is 4.80 Å². The van der Waals surface area contributed by atoms with Crippen LogP contribution in [-0.2, 0) is 16.1 Å². The molecule has 0 saturated heterocycles. The van der Waals surface area contributed by atoms with Crippen LogP contribution in [0.15, 0.2) is 121 Å². The lowest BCUT2D eigenvalue weighted by Crippen LogP contribution is -2.39. The van der Waals surface area contributed by atoms with Gasteiger partial charge in [0.1, 0.15) is 18.1 Å². The van der Waals surface area contributed by atoms with Crippen molar-refractivity contribution in [2.45, 2.75) is 24.5 Å². The fraction of sp³-hybridized carbons (Fsp3) is 0.121. The van der Waals surface area contributed by atoms with E-state index in [1.165, 1.54) is 11.3 Å². The molecule has 0 bridgehead atoms. The summed E-state index contributed by atoms with van der Waals surface area (Å²) in [6, 6.07) is 27.7. The molecule has 1 unspecified atom stereocenters. The maximum absolute atomic E-state index is 13.9. The number of hydrogen-bond acceptors (Lipinski definition) is 7. The van der Waals surface area contributed by atoms with Gasteiger partial charge in [-0.3, -0.25) is 9.36 Å². The molecule has 3 aromatic carbocycles. The summed E-state index contributed by atoms with van der Waals surface area (Å²) in [5, 5.41) is 0.609. The third-order valence-corrected chi connectivity index (χ3v) is 8.86. The molecule has 0 radical (unpaired) electrons. The Morgan fingerprint density at radius 3 is 2.60 bits per heavy atom. The van der Waals surface area contributed by atoms with Crippen molar-refractivity contribution in [3.8, 4) is 11.3 Å². The Bertz CT molecular complexity index is 1990. The van der Waals surface area contributed by atoms with E-state index in [0.717, 1.165) is 21.6 Å². The Hall–Kier alpha value is -4.11. The van der Waals surface area contributed by atoms with Gasteiger partial charge in [-0.05, 0) is 60.7 Å². The summed E-state index contributed by atoms with van der Waals surface area (Å²) < 4.78 is 13.8. The van der Waals surface area contributed by atoms with Crippen LogP contribution < -0.4 is 14.9 Å². The van der Waals surface area contributed by atoms with Gasteiger partial charge in [0, 0.05) is 21.6 Å². The van der Waals surface area contributed by atoms with E-state index in [-0.39, 0.29) is 12.2 Å². The summed E-state index contributed by atoms with van der Waals surface area (Å²) in [5.74, 6) is 0.655. The van der Waals surface area contributed by atoms with Crippen LogP contribution in [0, 0.1) is 0 Å². The van der Waals surface area contributed by atoms with Crippen molar-refractivity contribution in [3.63, 3.8) is 0 Å². The van der Waals surface area contributed by atoms with Crippen LogP contribution in [0.5, 0.6) is 0 Å². The van der Waals surface area contributed by atoms with Gasteiger partial charge in [0.2, 0.25) is 0 Å². The standard InChI is InChI=1S/C33H25ClN2O4S2/c1-20-29(32(38)39-19-21-7-4-3-5-8-21)30(22-11-14-26(41-2)15-12-22)36-31(37)28(42-33(36)35-20)18-25-13-16-27(40-25)23-9-6-10-24(34)17-23/h3-18,30H,19H2,1-2H3. The van der Waals surface area contributed by atoms with Crippen LogP contribution in [-0.4, -0.2) is 16.8 Å². The summed E-state index contributed by atoms with van der Waals surface area (Å²) in [5.41, 5.74) is 3.09. The molecule has 0 fully saturated rings.